The molecule has 1 aromatic rings. The van der Waals surface area contributed by atoms with Crippen molar-refractivity contribution in [3.63, 3.8) is 0 Å². The Morgan fingerprint density at radius 3 is 2.57 bits per heavy atom. The van der Waals surface area contributed by atoms with Crippen molar-refractivity contribution in [3.05, 3.63) is 48.6 Å². The molecule has 0 bridgehead atoms. The van der Waals surface area contributed by atoms with E-state index in [1.165, 1.54) is 0 Å². The number of hydrogen-bond acceptors (Lipinski definition) is 3. The molecule has 1 aliphatic heterocycles. The van der Waals surface area contributed by atoms with E-state index >= 15 is 0 Å². The molecule has 0 aromatic heterocycles. The third-order valence-corrected chi connectivity index (χ3v) is 3.94. The standard InChI is InChI=1S/C17H23NO3/c1-4-8-15-16(12(2)3)18(17(20)21-15)14(11-19)13-9-6-5-7-10-13/h4-7,9-10,12,14-16,19H,1,8,11H2,2-3H3/t14-,15+,16+/m0/s1. The highest BCUT2D eigenvalue weighted by atomic mass is 16.6. The second kappa shape index (κ2) is 6.76. The summed E-state index contributed by atoms with van der Waals surface area (Å²) in [4.78, 5) is 14.0. The molecule has 1 saturated heterocycles. The van der Waals surface area contributed by atoms with Crippen molar-refractivity contribution in [2.75, 3.05) is 6.61 Å². The van der Waals surface area contributed by atoms with Gasteiger partial charge in [-0.25, -0.2) is 4.79 Å². The maximum atomic E-state index is 12.3. The minimum absolute atomic E-state index is 0.0622. The Balaban J connectivity index is 2.34. The van der Waals surface area contributed by atoms with Crippen LogP contribution in [-0.2, 0) is 4.74 Å². The van der Waals surface area contributed by atoms with E-state index in [0.29, 0.717) is 6.42 Å². The average Bonchev–Trinajstić information content (AvgIpc) is 2.78. The third-order valence-electron chi connectivity index (χ3n) is 3.94. The lowest BCUT2D eigenvalue weighted by Gasteiger charge is -2.33. The number of aliphatic hydroxyl groups is 1. The van der Waals surface area contributed by atoms with E-state index in [-0.39, 0.29) is 36.8 Å². The number of rotatable bonds is 6. The molecular formula is C17H23NO3. The highest BCUT2D eigenvalue weighted by Gasteiger charge is 2.46. The second-order valence-corrected chi connectivity index (χ2v) is 5.70. The summed E-state index contributed by atoms with van der Waals surface area (Å²) in [6.07, 6.45) is 1.84. The Labute approximate surface area is 126 Å². The molecule has 1 fully saturated rings. The topological polar surface area (TPSA) is 49.8 Å². The first-order valence-corrected chi connectivity index (χ1v) is 7.35. The lowest BCUT2D eigenvalue weighted by Crippen LogP contribution is -2.43. The molecule has 4 heteroatoms. The predicted molar refractivity (Wildman–Crippen MR) is 81.8 cm³/mol. The molecule has 1 N–H and O–H groups in total. The van der Waals surface area contributed by atoms with Gasteiger partial charge < -0.3 is 9.84 Å². The van der Waals surface area contributed by atoms with E-state index < -0.39 is 0 Å². The fraction of sp³-hybridized carbons (Fsp3) is 0.471. The number of carbonyl (C=O) groups is 1. The monoisotopic (exact) mass is 289 g/mol. The van der Waals surface area contributed by atoms with Gasteiger partial charge in [-0.3, -0.25) is 4.90 Å². The van der Waals surface area contributed by atoms with Gasteiger partial charge >= 0.3 is 6.09 Å². The van der Waals surface area contributed by atoms with Crippen LogP contribution in [0.15, 0.2) is 43.0 Å². The maximum absolute atomic E-state index is 12.3. The molecular weight excluding hydrogens is 266 g/mol. The predicted octanol–water partition coefficient (Wildman–Crippen LogP) is 3.14. The molecule has 3 atom stereocenters. The van der Waals surface area contributed by atoms with Crippen LogP contribution in [0.5, 0.6) is 0 Å². The van der Waals surface area contributed by atoms with Crippen molar-refractivity contribution in [1.82, 2.24) is 4.90 Å². The minimum Gasteiger partial charge on any atom is -0.444 e. The zero-order chi connectivity index (χ0) is 15.4. The normalized spacial score (nSPS) is 23.2. The highest BCUT2D eigenvalue weighted by Crippen LogP contribution is 2.35. The van der Waals surface area contributed by atoms with Crippen LogP contribution in [0.25, 0.3) is 0 Å². The molecule has 114 valence electrons. The smallest absolute Gasteiger partial charge is 0.411 e. The summed E-state index contributed by atoms with van der Waals surface area (Å²) in [5, 5.41) is 9.80. The first-order valence-electron chi connectivity index (χ1n) is 7.35. The number of ether oxygens (including phenoxy) is 1. The van der Waals surface area contributed by atoms with Crippen LogP contribution in [0, 0.1) is 5.92 Å². The van der Waals surface area contributed by atoms with Gasteiger partial charge in [0.1, 0.15) is 6.10 Å². The molecule has 0 unspecified atom stereocenters. The third kappa shape index (κ3) is 3.10. The molecule has 0 spiro atoms. The first-order chi connectivity index (χ1) is 10.1. The van der Waals surface area contributed by atoms with Crippen LogP contribution >= 0.6 is 0 Å². The van der Waals surface area contributed by atoms with Gasteiger partial charge in [0.25, 0.3) is 0 Å². The van der Waals surface area contributed by atoms with E-state index in [4.69, 9.17) is 4.74 Å². The average molecular weight is 289 g/mol. The molecule has 1 amide bonds. The Kier molecular flexibility index (Phi) is 5.02. The number of cyclic esters (lactones) is 1. The first kappa shape index (κ1) is 15.6. The summed E-state index contributed by atoms with van der Waals surface area (Å²) in [5.41, 5.74) is 0.918. The maximum Gasteiger partial charge on any atom is 0.411 e. The van der Waals surface area contributed by atoms with Crippen molar-refractivity contribution >= 4 is 6.09 Å². The summed E-state index contributed by atoms with van der Waals surface area (Å²) >= 11 is 0. The van der Waals surface area contributed by atoms with Crippen molar-refractivity contribution in [3.8, 4) is 0 Å². The number of amides is 1. The van der Waals surface area contributed by atoms with Crippen LogP contribution in [0.1, 0.15) is 31.9 Å². The van der Waals surface area contributed by atoms with Crippen molar-refractivity contribution in [2.45, 2.75) is 38.5 Å². The van der Waals surface area contributed by atoms with Gasteiger partial charge in [-0.15, -0.1) is 6.58 Å². The van der Waals surface area contributed by atoms with Crippen LogP contribution in [0.4, 0.5) is 4.79 Å². The second-order valence-electron chi connectivity index (χ2n) is 5.70. The zero-order valence-electron chi connectivity index (χ0n) is 12.6. The summed E-state index contributed by atoms with van der Waals surface area (Å²) in [7, 11) is 0. The summed E-state index contributed by atoms with van der Waals surface area (Å²) in [6, 6.07) is 9.14. The number of nitrogens with zero attached hydrogens (tertiary/aromatic N) is 1. The molecule has 21 heavy (non-hydrogen) atoms. The number of aliphatic hydroxyl groups excluding tert-OH is 1. The van der Waals surface area contributed by atoms with Gasteiger partial charge in [-0.05, 0) is 11.5 Å². The van der Waals surface area contributed by atoms with Crippen molar-refractivity contribution < 1.29 is 14.6 Å². The molecule has 0 aliphatic carbocycles. The Morgan fingerprint density at radius 1 is 1.38 bits per heavy atom. The lowest BCUT2D eigenvalue weighted by atomic mass is 9.93. The van der Waals surface area contributed by atoms with E-state index in [1.54, 1.807) is 11.0 Å². The van der Waals surface area contributed by atoms with Crippen LogP contribution < -0.4 is 0 Å². The van der Waals surface area contributed by atoms with Gasteiger partial charge in [0, 0.05) is 6.42 Å². The zero-order valence-corrected chi connectivity index (χ0v) is 12.6. The van der Waals surface area contributed by atoms with Crippen molar-refractivity contribution in [1.29, 1.82) is 0 Å². The SMILES string of the molecule is C=CC[C@H]1OC(=O)N([C@@H](CO)c2ccccc2)[C@@H]1C(C)C. The summed E-state index contributed by atoms with van der Waals surface area (Å²) in [5.74, 6) is 0.235. The Hall–Kier alpha value is -1.81. The van der Waals surface area contributed by atoms with Gasteiger partial charge in [0.15, 0.2) is 0 Å². The van der Waals surface area contributed by atoms with Crippen LogP contribution in [-0.4, -0.2) is 34.9 Å². The van der Waals surface area contributed by atoms with Gasteiger partial charge in [-0.2, -0.15) is 0 Å². The molecule has 1 aromatic carbocycles. The summed E-state index contributed by atoms with van der Waals surface area (Å²) < 4.78 is 5.50. The van der Waals surface area contributed by atoms with E-state index in [2.05, 4.69) is 20.4 Å². The largest absolute Gasteiger partial charge is 0.444 e. The fourth-order valence-electron chi connectivity index (χ4n) is 3.03. The number of benzene rings is 1. The van der Waals surface area contributed by atoms with E-state index in [1.807, 2.05) is 30.3 Å². The van der Waals surface area contributed by atoms with E-state index in [0.717, 1.165) is 5.56 Å². The Morgan fingerprint density at radius 2 is 2.05 bits per heavy atom. The molecule has 4 nitrogen and oxygen atoms in total. The quantitative estimate of drug-likeness (QED) is 0.818. The van der Waals surface area contributed by atoms with Crippen LogP contribution in [0.3, 0.4) is 0 Å². The minimum atomic E-state index is -0.374. The number of carbonyl (C=O) groups excluding carboxylic acids is 1. The van der Waals surface area contributed by atoms with Gasteiger partial charge in [0.2, 0.25) is 0 Å². The van der Waals surface area contributed by atoms with E-state index in [9.17, 15) is 9.90 Å². The van der Waals surface area contributed by atoms with Gasteiger partial charge in [-0.1, -0.05) is 50.3 Å². The molecule has 2 rings (SSSR count). The fourth-order valence-corrected chi connectivity index (χ4v) is 3.03. The highest BCUT2D eigenvalue weighted by molar-refractivity contribution is 5.71. The Bertz CT molecular complexity index is 486. The lowest BCUT2D eigenvalue weighted by molar-refractivity contribution is 0.106. The van der Waals surface area contributed by atoms with Crippen molar-refractivity contribution in [2.24, 2.45) is 5.92 Å². The van der Waals surface area contributed by atoms with Gasteiger partial charge in [0.05, 0.1) is 18.7 Å². The molecule has 1 aliphatic rings. The van der Waals surface area contributed by atoms with Crippen LogP contribution in [0.2, 0.25) is 0 Å². The number of hydrogen-bond donors (Lipinski definition) is 1. The summed E-state index contributed by atoms with van der Waals surface area (Å²) in [6.45, 7) is 7.74. The molecule has 0 radical (unpaired) electrons. The molecule has 1 heterocycles. The molecule has 0 saturated carbocycles.